The standard InChI is InChI=1S/C11H11F3O2Si/c1-17(2,3)10-6-8(7-16-10)4-5-9(15)11(12,13)14/h6-7H,1-3H3. The number of Topliss-reactive ketones (excluding diaryl/α,β-unsaturated/α-hetero) is 1. The largest absolute Gasteiger partial charge is 0.473 e. The van der Waals surface area contributed by atoms with Gasteiger partial charge in [-0.05, 0) is 12.0 Å². The summed E-state index contributed by atoms with van der Waals surface area (Å²) >= 11 is 0. The molecule has 0 aliphatic rings. The SMILES string of the molecule is C[Si](C)(C)c1cc(C#CC(=O)C(F)(F)F)co1. The van der Waals surface area contributed by atoms with E-state index in [1.54, 1.807) is 12.0 Å². The summed E-state index contributed by atoms with van der Waals surface area (Å²) in [5.74, 6) is 1.65. The van der Waals surface area contributed by atoms with Crippen molar-refractivity contribution in [3.63, 3.8) is 0 Å². The Labute approximate surface area is 97.8 Å². The Bertz CT molecular complexity index is 483. The van der Waals surface area contributed by atoms with Gasteiger partial charge in [0.15, 0.2) is 0 Å². The van der Waals surface area contributed by atoms with Crippen LogP contribution in [0.25, 0.3) is 0 Å². The highest BCUT2D eigenvalue weighted by Gasteiger charge is 2.37. The molecule has 0 amide bonds. The first-order chi connectivity index (χ1) is 7.60. The molecule has 2 nitrogen and oxygen atoms in total. The summed E-state index contributed by atoms with van der Waals surface area (Å²) in [6.07, 6.45) is -3.64. The van der Waals surface area contributed by atoms with Gasteiger partial charge in [-0.2, -0.15) is 13.2 Å². The zero-order valence-corrected chi connectivity index (χ0v) is 10.6. The quantitative estimate of drug-likeness (QED) is 0.573. The third kappa shape index (κ3) is 3.78. The Kier molecular flexibility index (Phi) is 3.53. The molecule has 0 spiro atoms. The van der Waals surface area contributed by atoms with Gasteiger partial charge in [0.05, 0.1) is 10.9 Å². The first-order valence-corrected chi connectivity index (χ1v) is 8.33. The lowest BCUT2D eigenvalue weighted by Gasteiger charge is -2.10. The van der Waals surface area contributed by atoms with Crippen LogP contribution in [0, 0.1) is 11.8 Å². The number of carbonyl (C=O) groups is 1. The minimum Gasteiger partial charge on any atom is -0.473 e. The van der Waals surface area contributed by atoms with Crippen molar-refractivity contribution in [2.75, 3.05) is 0 Å². The van der Waals surface area contributed by atoms with Crippen molar-refractivity contribution < 1.29 is 22.4 Å². The number of rotatable bonds is 1. The maximum atomic E-state index is 11.9. The van der Waals surface area contributed by atoms with Crippen LogP contribution >= 0.6 is 0 Å². The van der Waals surface area contributed by atoms with Gasteiger partial charge in [-0.3, -0.25) is 4.79 Å². The summed E-state index contributed by atoms with van der Waals surface area (Å²) < 4.78 is 40.8. The average molecular weight is 260 g/mol. The first-order valence-electron chi connectivity index (χ1n) is 4.83. The molecule has 1 heterocycles. The van der Waals surface area contributed by atoms with Gasteiger partial charge in [0, 0.05) is 0 Å². The molecule has 1 aromatic heterocycles. The van der Waals surface area contributed by atoms with E-state index in [0.29, 0.717) is 5.56 Å². The van der Waals surface area contributed by atoms with Gasteiger partial charge in [0.1, 0.15) is 14.3 Å². The van der Waals surface area contributed by atoms with E-state index in [2.05, 4.69) is 5.92 Å². The number of furan rings is 1. The van der Waals surface area contributed by atoms with Crippen molar-refractivity contribution in [2.24, 2.45) is 0 Å². The zero-order valence-electron chi connectivity index (χ0n) is 9.61. The fourth-order valence-corrected chi connectivity index (χ4v) is 2.00. The Morgan fingerprint density at radius 1 is 1.35 bits per heavy atom. The van der Waals surface area contributed by atoms with E-state index in [1.807, 2.05) is 19.6 Å². The average Bonchev–Trinajstić information content (AvgIpc) is 2.59. The van der Waals surface area contributed by atoms with Gasteiger partial charge in [-0.25, -0.2) is 0 Å². The second kappa shape index (κ2) is 4.41. The fraction of sp³-hybridized carbons (Fsp3) is 0.364. The number of carbonyl (C=O) groups excluding carboxylic acids is 1. The molecule has 0 aliphatic heterocycles. The second-order valence-electron chi connectivity index (χ2n) is 4.53. The van der Waals surface area contributed by atoms with Crippen molar-refractivity contribution in [1.29, 1.82) is 0 Å². The van der Waals surface area contributed by atoms with Crippen LogP contribution in [0.2, 0.25) is 19.6 Å². The van der Waals surface area contributed by atoms with Gasteiger partial charge in [0.25, 0.3) is 0 Å². The highest BCUT2D eigenvalue weighted by molar-refractivity contribution is 6.87. The predicted molar refractivity (Wildman–Crippen MR) is 59.6 cm³/mol. The molecule has 0 aromatic carbocycles. The lowest BCUT2D eigenvalue weighted by molar-refractivity contribution is -0.164. The highest BCUT2D eigenvalue weighted by Crippen LogP contribution is 2.15. The minimum absolute atomic E-state index is 0.292. The molecule has 0 saturated carbocycles. The van der Waals surface area contributed by atoms with Crippen LogP contribution in [0.3, 0.4) is 0 Å². The van der Waals surface area contributed by atoms with E-state index < -0.39 is 20.0 Å². The van der Waals surface area contributed by atoms with Gasteiger partial charge in [-0.1, -0.05) is 25.6 Å². The monoisotopic (exact) mass is 260 g/mol. The lowest BCUT2D eigenvalue weighted by Crippen LogP contribution is -2.36. The molecule has 0 aliphatic carbocycles. The molecule has 17 heavy (non-hydrogen) atoms. The van der Waals surface area contributed by atoms with E-state index in [1.165, 1.54) is 6.26 Å². The minimum atomic E-state index is -4.90. The Balaban J connectivity index is 2.88. The lowest BCUT2D eigenvalue weighted by atomic mass is 10.3. The van der Waals surface area contributed by atoms with Crippen molar-refractivity contribution in [1.82, 2.24) is 0 Å². The molecule has 0 unspecified atom stereocenters. The van der Waals surface area contributed by atoms with Crippen molar-refractivity contribution >= 4 is 19.2 Å². The molecule has 0 fully saturated rings. The molecule has 1 rings (SSSR count). The second-order valence-corrected chi connectivity index (χ2v) is 9.52. The topological polar surface area (TPSA) is 30.2 Å². The maximum absolute atomic E-state index is 11.9. The van der Waals surface area contributed by atoms with E-state index in [9.17, 15) is 18.0 Å². The molecule has 92 valence electrons. The first kappa shape index (κ1) is 13.6. The number of hydrogen-bond donors (Lipinski definition) is 0. The van der Waals surface area contributed by atoms with Crippen molar-refractivity contribution in [3.8, 4) is 11.8 Å². The molecule has 6 heteroatoms. The number of alkyl halides is 3. The molecule has 0 radical (unpaired) electrons. The normalized spacial score (nSPS) is 11.9. The maximum Gasteiger partial charge on any atom is 0.462 e. The smallest absolute Gasteiger partial charge is 0.462 e. The van der Waals surface area contributed by atoms with Gasteiger partial charge in [-0.15, -0.1) is 0 Å². The van der Waals surface area contributed by atoms with Crippen LogP contribution in [0.15, 0.2) is 16.7 Å². The van der Waals surface area contributed by atoms with Gasteiger partial charge < -0.3 is 4.42 Å². The summed E-state index contributed by atoms with van der Waals surface area (Å²) in [5.41, 5.74) is 0.292. The Morgan fingerprint density at radius 3 is 2.35 bits per heavy atom. The molecule has 1 aromatic rings. The molecule has 0 bridgehead atoms. The molecule has 0 N–H and O–H groups in total. The van der Waals surface area contributed by atoms with Gasteiger partial charge in [0.2, 0.25) is 0 Å². The molecular formula is C11H11F3O2Si. The highest BCUT2D eigenvalue weighted by atomic mass is 28.3. The van der Waals surface area contributed by atoms with Crippen LogP contribution in [0.5, 0.6) is 0 Å². The predicted octanol–water partition coefficient (Wildman–Crippen LogP) is 2.31. The summed E-state index contributed by atoms with van der Waals surface area (Å²) in [4.78, 5) is 10.5. The number of ketones is 1. The molecular weight excluding hydrogens is 249 g/mol. The van der Waals surface area contributed by atoms with Crippen LogP contribution in [-0.2, 0) is 4.79 Å². The summed E-state index contributed by atoms with van der Waals surface area (Å²) in [6, 6.07) is 1.59. The van der Waals surface area contributed by atoms with Crippen LogP contribution in [0.4, 0.5) is 13.2 Å². The van der Waals surface area contributed by atoms with Crippen molar-refractivity contribution in [2.45, 2.75) is 25.8 Å². The summed E-state index contributed by atoms with van der Waals surface area (Å²) in [6.45, 7) is 6.09. The van der Waals surface area contributed by atoms with Crippen molar-refractivity contribution in [3.05, 3.63) is 17.9 Å². The zero-order chi connectivity index (χ0) is 13.3. The number of hydrogen-bond acceptors (Lipinski definition) is 2. The fourth-order valence-electron chi connectivity index (χ4n) is 0.995. The molecule has 0 atom stereocenters. The van der Waals surface area contributed by atoms with Crippen LogP contribution < -0.4 is 5.38 Å². The Morgan fingerprint density at radius 2 is 1.94 bits per heavy atom. The van der Waals surface area contributed by atoms with Crippen LogP contribution in [0.1, 0.15) is 5.56 Å². The molecule has 0 saturated heterocycles. The van der Waals surface area contributed by atoms with E-state index in [0.717, 1.165) is 5.38 Å². The van der Waals surface area contributed by atoms with Gasteiger partial charge >= 0.3 is 12.0 Å². The van der Waals surface area contributed by atoms with E-state index >= 15 is 0 Å². The van der Waals surface area contributed by atoms with Crippen LogP contribution in [-0.4, -0.2) is 20.0 Å². The third-order valence-corrected chi connectivity index (χ3v) is 3.66. The summed E-state index contributed by atoms with van der Waals surface area (Å²) in [7, 11) is -1.65. The third-order valence-electron chi connectivity index (χ3n) is 1.92. The number of halogens is 3. The summed E-state index contributed by atoms with van der Waals surface area (Å²) in [5, 5.41) is 0.737. The van der Waals surface area contributed by atoms with E-state index in [-0.39, 0.29) is 0 Å². The Hall–Kier alpha value is -1.48. The van der Waals surface area contributed by atoms with E-state index in [4.69, 9.17) is 4.42 Å².